The van der Waals surface area contributed by atoms with Gasteiger partial charge < -0.3 is 15.2 Å². The van der Waals surface area contributed by atoms with Crippen LogP contribution in [0.4, 0.5) is 11.8 Å². The van der Waals surface area contributed by atoms with Crippen molar-refractivity contribution in [2.45, 2.75) is 51.6 Å². The molecule has 1 aromatic carbocycles. The molecule has 158 valence electrons. The molecule has 0 bridgehead atoms. The number of anilines is 2. The molecule has 0 radical (unpaired) electrons. The van der Waals surface area contributed by atoms with Gasteiger partial charge in [-0.2, -0.15) is 4.98 Å². The summed E-state index contributed by atoms with van der Waals surface area (Å²) in [6.45, 7) is 4.28. The van der Waals surface area contributed by atoms with Crippen molar-refractivity contribution in [3.8, 4) is 0 Å². The molecular formula is C25H28N6. The van der Waals surface area contributed by atoms with Crippen molar-refractivity contribution < 1.29 is 0 Å². The van der Waals surface area contributed by atoms with Crippen LogP contribution in [0.5, 0.6) is 0 Å². The molecule has 4 heterocycles. The molecule has 1 aliphatic carbocycles. The minimum Gasteiger partial charge on any atom is -0.322 e. The summed E-state index contributed by atoms with van der Waals surface area (Å²) in [5, 5.41) is 9.12. The molecule has 0 spiro atoms. The minimum absolute atomic E-state index is 0.496. The third kappa shape index (κ3) is 3.35. The SMILES string of the molecule is C[C@H]1CC[C@H](n2c3ccccc3c3cnc(Nc4cc5c(cn4)CNCC5)nc32)CC1. The van der Waals surface area contributed by atoms with Gasteiger partial charge in [-0.05, 0) is 67.8 Å². The highest BCUT2D eigenvalue weighted by Crippen LogP contribution is 2.38. The highest BCUT2D eigenvalue weighted by Gasteiger charge is 2.24. The summed E-state index contributed by atoms with van der Waals surface area (Å²) >= 11 is 0. The summed E-state index contributed by atoms with van der Waals surface area (Å²) in [7, 11) is 0. The smallest absolute Gasteiger partial charge is 0.230 e. The highest BCUT2D eigenvalue weighted by atomic mass is 15.2. The number of fused-ring (bicyclic) bond motifs is 4. The molecule has 6 rings (SSSR count). The second-order valence-electron chi connectivity index (χ2n) is 9.12. The molecule has 31 heavy (non-hydrogen) atoms. The van der Waals surface area contributed by atoms with Crippen LogP contribution in [-0.4, -0.2) is 26.1 Å². The lowest BCUT2D eigenvalue weighted by molar-refractivity contribution is 0.298. The van der Waals surface area contributed by atoms with Gasteiger partial charge in [0.2, 0.25) is 5.95 Å². The predicted octanol–water partition coefficient (Wildman–Crippen LogP) is 5.12. The highest BCUT2D eigenvalue weighted by molar-refractivity contribution is 6.06. The Labute approximate surface area is 182 Å². The average molecular weight is 413 g/mol. The normalized spacial score (nSPS) is 21.3. The number of aromatic nitrogens is 4. The molecular weight excluding hydrogens is 384 g/mol. The Morgan fingerprint density at radius 1 is 1.00 bits per heavy atom. The van der Waals surface area contributed by atoms with Crippen LogP contribution in [0.2, 0.25) is 0 Å². The fourth-order valence-corrected chi connectivity index (χ4v) is 5.25. The van der Waals surface area contributed by atoms with E-state index in [1.54, 1.807) is 0 Å². The zero-order chi connectivity index (χ0) is 20.8. The summed E-state index contributed by atoms with van der Waals surface area (Å²) in [4.78, 5) is 14.2. The quantitative estimate of drug-likeness (QED) is 0.489. The van der Waals surface area contributed by atoms with Gasteiger partial charge in [0.15, 0.2) is 0 Å². The zero-order valence-corrected chi connectivity index (χ0v) is 17.9. The van der Waals surface area contributed by atoms with Gasteiger partial charge in [0.05, 0.1) is 5.52 Å². The van der Waals surface area contributed by atoms with Crippen molar-refractivity contribution in [3.05, 3.63) is 53.9 Å². The van der Waals surface area contributed by atoms with E-state index in [-0.39, 0.29) is 0 Å². The fourth-order valence-electron chi connectivity index (χ4n) is 5.25. The molecule has 2 aliphatic rings. The van der Waals surface area contributed by atoms with Gasteiger partial charge in [-0.25, -0.2) is 9.97 Å². The van der Waals surface area contributed by atoms with E-state index < -0.39 is 0 Å². The summed E-state index contributed by atoms with van der Waals surface area (Å²) in [5.74, 6) is 2.25. The molecule has 6 heteroatoms. The molecule has 0 saturated heterocycles. The van der Waals surface area contributed by atoms with Gasteiger partial charge >= 0.3 is 0 Å². The summed E-state index contributed by atoms with van der Waals surface area (Å²) in [6, 6.07) is 11.3. The Morgan fingerprint density at radius 2 is 1.87 bits per heavy atom. The third-order valence-corrected chi connectivity index (χ3v) is 7.01. The molecule has 1 fully saturated rings. The van der Waals surface area contributed by atoms with Gasteiger partial charge in [0.1, 0.15) is 11.5 Å². The van der Waals surface area contributed by atoms with Crippen LogP contribution in [-0.2, 0) is 13.0 Å². The molecule has 1 saturated carbocycles. The summed E-state index contributed by atoms with van der Waals surface area (Å²) < 4.78 is 2.47. The van der Waals surface area contributed by atoms with E-state index in [0.717, 1.165) is 42.3 Å². The molecule has 1 aliphatic heterocycles. The molecule has 6 nitrogen and oxygen atoms in total. The maximum atomic E-state index is 5.00. The number of nitrogens with one attached hydrogen (secondary N) is 2. The number of hydrogen-bond acceptors (Lipinski definition) is 5. The summed E-state index contributed by atoms with van der Waals surface area (Å²) in [6.07, 6.45) is 9.94. The van der Waals surface area contributed by atoms with E-state index >= 15 is 0 Å². The van der Waals surface area contributed by atoms with E-state index in [4.69, 9.17) is 4.98 Å². The van der Waals surface area contributed by atoms with Crippen LogP contribution in [0.25, 0.3) is 21.9 Å². The first-order chi connectivity index (χ1) is 15.3. The number of para-hydroxylation sites is 1. The van der Waals surface area contributed by atoms with Gasteiger partial charge in [-0.15, -0.1) is 0 Å². The maximum Gasteiger partial charge on any atom is 0.230 e. The van der Waals surface area contributed by atoms with Gasteiger partial charge in [-0.1, -0.05) is 25.1 Å². The fraction of sp³-hybridized carbons (Fsp3) is 0.400. The maximum absolute atomic E-state index is 5.00. The zero-order valence-electron chi connectivity index (χ0n) is 17.9. The lowest BCUT2D eigenvalue weighted by Crippen LogP contribution is -2.23. The van der Waals surface area contributed by atoms with Crippen molar-refractivity contribution in [1.29, 1.82) is 0 Å². The van der Waals surface area contributed by atoms with Crippen LogP contribution in [0, 0.1) is 5.92 Å². The van der Waals surface area contributed by atoms with E-state index in [2.05, 4.69) is 62.4 Å². The average Bonchev–Trinajstić information content (AvgIpc) is 3.13. The summed E-state index contributed by atoms with van der Waals surface area (Å²) in [5.41, 5.74) is 4.92. The Balaban J connectivity index is 1.41. The number of rotatable bonds is 3. The van der Waals surface area contributed by atoms with Gasteiger partial charge in [-0.3, -0.25) is 0 Å². The van der Waals surface area contributed by atoms with E-state index in [1.807, 2.05) is 12.4 Å². The van der Waals surface area contributed by atoms with Crippen LogP contribution >= 0.6 is 0 Å². The third-order valence-electron chi connectivity index (χ3n) is 7.01. The standard InChI is InChI=1S/C25H28N6/c1-16-6-8-19(9-7-16)31-22-5-3-2-4-20(22)21-15-28-25(30-24(21)31)29-23-12-17-10-11-26-13-18(17)14-27-23/h2-5,12,14-16,19,26H,6-11,13H2,1H3,(H,27,28,29,30)/t16-,19-. The number of pyridine rings is 1. The lowest BCUT2D eigenvalue weighted by Gasteiger charge is -2.28. The molecule has 3 aromatic heterocycles. The largest absolute Gasteiger partial charge is 0.322 e. The monoisotopic (exact) mass is 412 g/mol. The number of hydrogen-bond donors (Lipinski definition) is 2. The van der Waals surface area contributed by atoms with Crippen LogP contribution in [0.3, 0.4) is 0 Å². The van der Waals surface area contributed by atoms with Crippen LogP contribution in [0.15, 0.2) is 42.7 Å². The van der Waals surface area contributed by atoms with E-state index in [0.29, 0.717) is 12.0 Å². The molecule has 0 amide bonds. The van der Waals surface area contributed by atoms with Crippen molar-refractivity contribution in [2.75, 3.05) is 11.9 Å². The van der Waals surface area contributed by atoms with Crippen molar-refractivity contribution in [1.82, 2.24) is 24.8 Å². The van der Waals surface area contributed by atoms with E-state index in [1.165, 1.54) is 47.7 Å². The minimum atomic E-state index is 0.496. The number of nitrogens with zero attached hydrogens (tertiary/aromatic N) is 4. The number of benzene rings is 1. The Morgan fingerprint density at radius 3 is 2.77 bits per heavy atom. The molecule has 2 N–H and O–H groups in total. The van der Waals surface area contributed by atoms with E-state index in [9.17, 15) is 0 Å². The second kappa shape index (κ2) is 7.61. The van der Waals surface area contributed by atoms with Crippen LogP contribution in [0.1, 0.15) is 49.8 Å². The van der Waals surface area contributed by atoms with Crippen LogP contribution < -0.4 is 10.6 Å². The van der Waals surface area contributed by atoms with Crippen molar-refractivity contribution in [2.24, 2.45) is 5.92 Å². The Kier molecular flexibility index (Phi) is 4.60. The first kappa shape index (κ1) is 18.8. The van der Waals surface area contributed by atoms with Crippen molar-refractivity contribution in [3.63, 3.8) is 0 Å². The molecule has 4 aromatic rings. The molecule has 0 unspecified atom stereocenters. The Hall–Kier alpha value is -2.99. The first-order valence-corrected chi connectivity index (χ1v) is 11.5. The van der Waals surface area contributed by atoms with Gasteiger partial charge in [0, 0.05) is 35.8 Å². The van der Waals surface area contributed by atoms with Crippen molar-refractivity contribution >= 4 is 33.7 Å². The first-order valence-electron chi connectivity index (χ1n) is 11.5. The molecule has 0 atom stereocenters. The second-order valence-corrected chi connectivity index (χ2v) is 9.12. The Bertz CT molecular complexity index is 1250. The predicted molar refractivity (Wildman–Crippen MR) is 125 cm³/mol. The van der Waals surface area contributed by atoms with Gasteiger partial charge in [0.25, 0.3) is 0 Å². The lowest BCUT2D eigenvalue weighted by atomic mass is 9.87. The topological polar surface area (TPSA) is 67.7 Å².